The summed E-state index contributed by atoms with van der Waals surface area (Å²) in [5, 5.41) is 15.2. The molecule has 2 aliphatic rings. The van der Waals surface area contributed by atoms with Crippen LogP contribution in [0.3, 0.4) is 0 Å². The van der Waals surface area contributed by atoms with Gasteiger partial charge in [0.25, 0.3) is 0 Å². The standard InChI is InChI=1S/C28H34N2O5/c1-3-17(2)25(26(31)29-24-15-9-8-14-22(24)27(32)33)30-28(34)35-16-23-20-12-6-4-10-18(20)19-11-5-7-13-21(19)23/h4-7,10-13,17,22-25H,3,8-9,14-16H2,1-2H3,(H,29,31)(H,30,34)(H,32,33)/t17?,22-,24+,25-/m0/s1. The molecule has 4 rings (SSSR count). The molecule has 4 atom stereocenters. The SMILES string of the molecule is CCC(C)[C@H](NC(=O)OCC1c2ccccc2-c2ccccc21)C(=O)N[C@@H]1CCCC[C@@H]1C(=O)O. The first-order valence-corrected chi connectivity index (χ1v) is 12.5. The van der Waals surface area contributed by atoms with Gasteiger partial charge in [0.15, 0.2) is 0 Å². The van der Waals surface area contributed by atoms with E-state index < -0.39 is 30.1 Å². The number of carbonyl (C=O) groups is 3. The van der Waals surface area contributed by atoms with Crippen molar-refractivity contribution in [3.05, 3.63) is 59.7 Å². The van der Waals surface area contributed by atoms with Crippen molar-refractivity contribution in [1.82, 2.24) is 10.6 Å². The predicted molar refractivity (Wildman–Crippen MR) is 133 cm³/mol. The van der Waals surface area contributed by atoms with E-state index in [2.05, 4.69) is 34.9 Å². The van der Waals surface area contributed by atoms with E-state index in [1.807, 2.05) is 38.1 Å². The molecule has 0 saturated heterocycles. The topological polar surface area (TPSA) is 105 Å². The van der Waals surface area contributed by atoms with Crippen LogP contribution in [0.5, 0.6) is 0 Å². The lowest BCUT2D eigenvalue weighted by atomic mass is 9.84. The van der Waals surface area contributed by atoms with E-state index in [0.717, 1.165) is 35.1 Å². The first-order valence-electron chi connectivity index (χ1n) is 12.5. The van der Waals surface area contributed by atoms with Crippen molar-refractivity contribution < 1.29 is 24.2 Å². The number of alkyl carbamates (subject to hydrolysis) is 1. The molecule has 0 radical (unpaired) electrons. The number of amides is 2. The van der Waals surface area contributed by atoms with Crippen molar-refractivity contribution in [1.29, 1.82) is 0 Å². The Kier molecular flexibility index (Phi) is 7.73. The van der Waals surface area contributed by atoms with Gasteiger partial charge in [0, 0.05) is 12.0 Å². The van der Waals surface area contributed by atoms with Crippen molar-refractivity contribution >= 4 is 18.0 Å². The van der Waals surface area contributed by atoms with E-state index in [4.69, 9.17) is 4.74 Å². The fourth-order valence-corrected chi connectivity index (χ4v) is 5.34. The number of fused-ring (bicyclic) bond motifs is 3. The minimum absolute atomic E-state index is 0.0670. The van der Waals surface area contributed by atoms with Crippen molar-refractivity contribution in [2.45, 2.75) is 64.0 Å². The molecule has 2 aliphatic carbocycles. The van der Waals surface area contributed by atoms with Crippen LogP contribution < -0.4 is 10.6 Å². The van der Waals surface area contributed by atoms with E-state index in [1.165, 1.54) is 0 Å². The van der Waals surface area contributed by atoms with Gasteiger partial charge in [-0.3, -0.25) is 9.59 Å². The summed E-state index contributed by atoms with van der Waals surface area (Å²) in [4.78, 5) is 37.6. The summed E-state index contributed by atoms with van der Waals surface area (Å²) < 4.78 is 5.64. The molecule has 3 N–H and O–H groups in total. The lowest BCUT2D eigenvalue weighted by molar-refractivity contribution is -0.144. The lowest BCUT2D eigenvalue weighted by Crippen LogP contribution is -2.55. The maximum Gasteiger partial charge on any atom is 0.407 e. The van der Waals surface area contributed by atoms with Crippen LogP contribution in [0.4, 0.5) is 4.79 Å². The Balaban J connectivity index is 1.41. The van der Waals surface area contributed by atoms with E-state index in [-0.39, 0.29) is 24.3 Å². The van der Waals surface area contributed by atoms with Gasteiger partial charge in [0.2, 0.25) is 5.91 Å². The van der Waals surface area contributed by atoms with Gasteiger partial charge in [-0.05, 0) is 41.0 Å². The molecule has 0 spiro atoms. The summed E-state index contributed by atoms with van der Waals surface area (Å²) in [5.74, 6) is -2.05. The molecule has 7 nitrogen and oxygen atoms in total. The molecule has 0 bridgehead atoms. The van der Waals surface area contributed by atoms with Crippen LogP contribution in [-0.4, -0.2) is 41.8 Å². The molecule has 7 heteroatoms. The van der Waals surface area contributed by atoms with E-state index in [9.17, 15) is 19.5 Å². The molecule has 2 aromatic rings. The summed E-state index contributed by atoms with van der Waals surface area (Å²) in [6.07, 6.45) is 2.92. The Morgan fingerprint density at radius 2 is 1.60 bits per heavy atom. The van der Waals surface area contributed by atoms with Gasteiger partial charge in [0.05, 0.1) is 5.92 Å². The monoisotopic (exact) mass is 478 g/mol. The van der Waals surface area contributed by atoms with E-state index >= 15 is 0 Å². The summed E-state index contributed by atoms with van der Waals surface area (Å²) in [6, 6.07) is 15.0. The summed E-state index contributed by atoms with van der Waals surface area (Å²) >= 11 is 0. The van der Waals surface area contributed by atoms with Crippen molar-refractivity contribution in [3.8, 4) is 11.1 Å². The number of hydrogen-bond donors (Lipinski definition) is 3. The summed E-state index contributed by atoms with van der Waals surface area (Å²) in [6.45, 7) is 4.01. The minimum Gasteiger partial charge on any atom is -0.481 e. The van der Waals surface area contributed by atoms with Gasteiger partial charge in [-0.2, -0.15) is 0 Å². The van der Waals surface area contributed by atoms with Crippen LogP contribution in [0.2, 0.25) is 0 Å². The van der Waals surface area contributed by atoms with E-state index in [0.29, 0.717) is 19.3 Å². The van der Waals surface area contributed by atoms with Crippen LogP contribution in [0, 0.1) is 11.8 Å². The molecule has 2 aromatic carbocycles. The predicted octanol–water partition coefficient (Wildman–Crippen LogP) is 4.70. The van der Waals surface area contributed by atoms with Crippen molar-refractivity contribution in [2.75, 3.05) is 6.61 Å². The molecule has 186 valence electrons. The molecule has 1 saturated carbocycles. The molecule has 1 unspecified atom stereocenters. The van der Waals surface area contributed by atoms with Crippen molar-refractivity contribution in [3.63, 3.8) is 0 Å². The van der Waals surface area contributed by atoms with Gasteiger partial charge in [0.1, 0.15) is 12.6 Å². The third kappa shape index (κ3) is 5.34. The first kappa shape index (κ1) is 24.8. The van der Waals surface area contributed by atoms with Gasteiger partial charge in [-0.25, -0.2) is 4.79 Å². The van der Waals surface area contributed by atoms with Crippen LogP contribution >= 0.6 is 0 Å². The number of rotatable bonds is 8. The highest BCUT2D eigenvalue weighted by Gasteiger charge is 2.35. The van der Waals surface area contributed by atoms with Gasteiger partial charge in [-0.1, -0.05) is 81.6 Å². The summed E-state index contributed by atoms with van der Waals surface area (Å²) in [5.41, 5.74) is 4.54. The van der Waals surface area contributed by atoms with Gasteiger partial charge in [-0.15, -0.1) is 0 Å². The molecule has 2 amide bonds. The highest BCUT2D eigenvalue weighted by atomic mass is 16.5. The molecule has 35 heavy (non-hydrogen) atoms. The Bertz CT molecular complexity index is 1040. The highest BCUT2D eigenvalue weighted by Crippen LogP contribution is 2.44. The quantitative estimate of drug-likeness (QED) is 0.510. The fourth-order valence-electron chi connectivity index (χ4n) is 5.34. The number of hydrogen-bond acceptors (Lipinski definition) is 4. The third-order valence-corrected chi connectivity index (χ3v) is 7.52. The first-order chi connectivity index (χ1) is 16.9. The van der Waals surface area contributed by atoms with Crippen LogP contribution in [0.25, 0.3) is 11.1 Å². The maximum atomic E-state index is 13.1. The minimum atomic E-state index is -0.889. The second-order valence-electron chi connectivity index (χ2n) is 9.68. The summed E-state index contributed by atoms with van der Waals surface area (Å²) in [7, 11) is 0. The zero-order valence-corrected chi connectivity index (χ0v) is 20.3. The average Bonchev–Trinajstić information content (AvgIpc) is 3.19. The van der Waals surface area contributed by atoms with E-state index in [1.54, 1.807) is 0 Å². The second kappa shape index (κ2) is 10.9. The molecule has 0 aromatic heterocycles. The van der Waals surface area contributed by atoms with Crippen LogP contribution in [-0.2, 0) is 14.3 Å². The number of carboxylic acid groups (broad SMARTS) is 1. The van der Waals surface area contributed by atoms with Gasteiger partial charge >= 0.3 is 12.1 Å². The van der Waals surface area contributed by atoms with Gasteiger partial charge < -0.3 is 20.5 Å². The number of aliphatic carboxylic acids is 1. The number of carbonyl (C=O) groups excluding carboxylic acids is 2. The average molecular weight is 479 g/mol. The molecule has 0 aliphatic heterocycles. The second-order valence-corrected chi connectivity index (χ2v) is 9.68. The number of carboxylic acids is 1. The van der Waals surface area contributed by atoms with Crippen LogP contribution in [0.1, 0.15) is 63.0 Å². The van der Waals surface area contributed by atoms with Crippen molar-refractivity contribution in [2.24, 2.45) is 11.8 Å². The molecular weight excluding hydrogens is 444 g/mol. The number of nitrogens with one attached hydrogen (secondary N) is 2. The normalized spacial score (nSPS) is 20.7. The largest absolute Gasteiger partial charge is 0.481 e. The van der Waals surface area contributed by atoms with Crippen LogP contribution in [0.15, 0.2) is 48.5 Å². The Morgan fingerprint density at radius 3 is 2.20 bits per heavy atom. The maximum absolute atomic E-state index is 13.1. The fraction of sp³-hybridized carbons (Fsp3) is 0.464. The Hall–Kier alpha value is -3.35. The zero-order valence-electron chi connectivity index (χ0n) is 20.3. The number of benzene rings is 2. The lowest BCUT2D eigenvalue weighted by Gasteiger charge is -2.32. The molecule has 0 heterocycles. The zero-order chi connectivity index (χ0) is 24.9. The Morgan fingerprint density at radius 1 is 1.00 bits per heavy atom. The molecular formula is C28H34N2O5. The molecule has 1 fully saturated rings. The Labute approximate surface area is 206 Å². The third-order valence-electron chi connectivity index (χ3n) is 7.52. The highest BCUT2D eigenvalue weighted by molar-refractivity contribution is 5.87. The number of ether oxygens (including phenoxy) is 1. The smallest absolute Gasteiger partial charge is 0.407 e.